The Hall–Kier alpha value is -2.91. The quantitative estimate of drug-likeness (QED) is 0.520. The third kappa shape index (κ3) is 4.95. The molecule has 2 heterocycles. The zero-order valence-electron chi connectivity index (χ0n) is 19.9. The van der Waals surface area contributed by atoms with Gasteiger partial charge in [-0.25, -0.2) is 8.42 Å². The second kappa shape index (κ2) is 10.1. The lowest BCUT2D eigenvalue weighted by Crippen LogP contribution is -2.41. The van der Waals surface area contributed by atoms with E-state index in [1.165, 1.54) is 4.31 Å². The number of para-hydroxylation sites is 2. The van der Waals surface area contributed by atoms with Crippen molar-refractivity contribution in [1.82, 2.24) is 14.6 Å². The van der Waals surface area contributed by atoms with Crippen LogP contribution in [0, 0.1) is 5.92 Å². The van der Waals surface area contributed by atoms with Crippen LogP contribution < -0.4 is 10.2 Å². The molecule has 1 amide bonds. The molecule has 9 heteroatoms. The average molecular weight is 485 g/mol. The highest BCUT2D eigenvalue weighted by molar-refractivity contribution is 7.89. The van der Waals surface area contributed by atoms with Gasteiger partial charge in [-0.05, 0) is 49.6 Å². The molecule has 1 aromatic heterocycles. The fourth-order valence-electron chi connectivity index (χ4n) is 4.38. The molecule has 8 nitrogen and oxygen atoms in total. The molecule has 0 unspecified atom stereocenters. The van der Waals surface area contributed by atoms with Gasteiger partial charge in [0.2, 0.25) is 15.9 Å². The van der Waals surface area contributed by atoms with Gasteiger partial charge in [0.05, 0.1) is 10.9 Å². The number of nitrogens with one attached hydrogen (secondary N) is 1. The molecule has 4 rings (SSSR count). The Morgan fingerprint density at radius 2 is 1.76 bits per heavy atom. The third-order valence-corrected chi connectivity index (χ3v) is 8.57. The number of piperidine rings is 1. The van der Waals surface area contributed by atoms with E-state index in [1.807, 2.05) is 45.0 Å². The summed E-state index contributed by atoms with van der Waals surface area (Å²) in [4.78, 5) is 19.8. The Morgan fingerprint density at radius 3 is 2.38 bits per heavy atom. The molecule has 3 aromatic rings. The standard InChI is InChI=1S/C25H32N4O4S/c1-4-29(5-2)34(31,32)21-12-10-19(11-13-21)18(3)26-24(30)20-14-16-28(17-15-20)25-27-22-8-6-7-9-23(22)33-25/h6-13,18,20H,4-5,14-17H2,1-3H3,(H,26,30)/t18-/m0/s1. The number of amides is 1. The number of oxazole rings is 1. The summed E-state index contributed by atoms with van der Waals surface area (Å²) in [5.74, 6) is -0.0602. The fourth-order valence-corrected chi connectivity index (χ4v) is 5.84. The van der Waals surface area contributed by atoms with Crippen LogP contribution in [0.4, 0.5) is 6.01 Å². The van der Waals surface area contributed by atoms with Crippen molar-refractivity contribution < 1.29 is 17.6 Å². The summed E-state index contributed by atoms with van der Waals surface area (Å²) in [6, 6.07) is 14.9. The summed E-state index contributed by atoms with van der Waals surface area (Å²) in [6.07, 6.45) is 1.44. The summed E-state index contributed by atoms with van der Waals surface area (Å²) in [5.41, 5.74) is 2.47. The van der Waals surface area contributed by atoms with Crippen molar-refractivity contribution in [2.45, 2.75) is 44.6 Å². The van der Waals surface area contributed by atoms with Crippen LogP contribution in [0.2, 0.25) is 0 Å². The Morgan fingerprint density at radius 1 is 1.12 bits per heavy atom. The van der Waals surface area contributed by atoms with Crippen LogP contribution in [0.3, 0.4) is 0 Å². The molecule has 1 aliphatic rings. The first kappa shape index (κ1) is 24.2. The first-order chi connectivity index (χ1) is 16.3. The number of carbonyl (C=O) groups is 1. The summed E-state index contributed by atoms with van der Waals surface area (Å²) >= 11 is 0. The normalized spacial score (nSPS) is 16.2. The Bertz CT molecular complexity index is 1190. The van der Waals surface area contributed by atoms with Gasteiger partial charge in [0.25, 0.3) is 6.01 Å². The minimum absolute atomic E-state index is 0.0181. The summed E-state index contributed by atoms with van der Waals surface area (Å²) in [5, 5.41) is 3.09. The van der Waals surface area contributed by atoms with Gasteiger partial charge in [-0.1, -0.05) is 38.1 Å². The molecule has 1 aliphatic heterocycles. The number of sulfonamides is 1. The van der Waals surface area contributed by atoms with Gasteiger partial charge in [0.1, 0.15) is 5.52 Å². The molecule has 0 saturated carbocycles. The van der Waals surface area contributed by atoms with Crippen LogP contribution >= 0.6 is 0 Å². The second-order valence-electron chi connectivity index (χ2n) is 8.61. The molecule has 0 spiro atoms. The van der Waals surface area contributed by atoms with Gasteiger partial charge in [-0.3, -0.25) is 4.79 Å². The zero-order valence-corrected chi connectivity index (χ0v) is 20.7. The van der Waals surface area contributed by atoms with Crippen LogP contribution in [0.1, 0.15) is 45.2 Å². The van der Waals surface area contributed by atoms with E-state index < -0.39 is 10.0 Å². The SMILES string of the molecule is CCN(CC)S(=O)(=O)c1ccc([C@H](C)NC(=O)C2CCN(c3nc4ccccc4o3)CC2)cc1. The molecule has 2 aromatic carbocycles. The number of rotatable bonds is 8. The second-order valence-corrected chi connectivity index (χ2v) is 10.6. The van der Waals surface area contributed by atoms with Gasteiger partial charge in [-0.2, -0.15) is 9.29 Å². The van der Waals surface area contributed by atoms with Crippen LogP contribution in [0.5, 0.6) is 0 Å². The van der Waals surface area contributed by atoms with Crippen molar-refractivity contribution in [3.63, 3.8) is 0 Å². The molecular weight excluding hydrogens is 452 g/mol. The number of hydrogen-bond acceptors (Lipinski definition) is 6. The lowest BCUT2D eigenvalue weighted by atomic mass is 9.95. The van der Waals surface area contributed by atoms with Gasteiger partial charge < -0.3 is 14.6 Å². The monoisotopic (exact) mass is 484 g/mol. The van der Waals surface area contributed by atoms with Crippen molar-refractivity contribution in [3.05, 3.63) is 54.1 Å². The van der Waals surface area contributed by atoms with Crippen molar-refractivity contribution in [3.8, 4) is 0 Å². The van der Waals surface area contributed by atoms with E-state index in [2.05, 4.69) is 15.2 Å². The third-order valence-electron chi connectivity index (χ3n) is 6.50. The predicted molar refractivity (Wildman–Crippen MR) is 132 cm³/mol. The van der Waals surface area contributed by atoms with Crippen LogP contribution in [-0.2, 0) is 14.8 Å². The average Bonchev–Trinajstić information content (AvgIpc) is 3.29. The smallest absolute Gasteiger partial charge is 0.298 e. The van der Waals surface area contributed by atoms with Gasteiger partial charge in [0, 0.05) is 32.1 Å². The Labute approximate surface area is 201 Å². The van der Waals surface area contributed by atoms with Gasteiger partial charge in [-0.15, -0.1) is 0 Å². The van der Waals surface area contributed by atoms with E-state index in [9.17, 15) is 13.2 Å². The van der Waals surface area contributed by atoms with E-state index in [0.29, 0.717) is 32.2 Å². The molecule has 1 fully saturated rings. The number of anilines is 1. The van der Waals surface area contributed by atoms with E-state index in [4.69, 9.17) is 4.42 Å². The van der Waals surface area contributed by atoms with Crippen LogP contribution in [-0.4, -0.2) is 49.8 Å². The molecule has 1 atom stereocenters. The number of fused-ring (bicyclic) bond motifs is 1. The molecule has 0 bridgehead atoms. The number of aromatic nitrogens is 1. The maximum Gasteiger partial charge on any atom is 0.298 e. The Balaban J connectivity index is 1.33. The maximum atomic E-state index is 12.9. The van der Waals surface area contributed by atoms with Crippen molar-refractivity contribution in [1.29, 1.82) is 0 Å². The van der Waals surface area contributed by atoms with Gasteiger partial charge >= 0.3 is 0 Å². The van der Waals surface area contributed by atoms with Crippen LogP contribution in [0.25, 0.3) is 11.1 Å². The minimum Gasteiger partial charge on any atom is -0.423 e. The number of carbonyl (C=O) groups excluding carboxylic acids is 1. The zero-order chi connectivity index (χ0) is 24.3. The molecule has 1 saturated heterocycles. The molecule has 0 radical (unpaired) electrons. The molecule has 0 aliphatic carbocycles. The molecule has 182 valence electrons. The lowest BCUT2D eigenvalue weighted by molar-refractivity contribution is -0.126. The number of nitrogens with zero attached hydrogens (tertiary/aromatic N) is 3. The van der Waals surface area contributed by atoms with Crippen molar-refractivity contribution in [2.75, 3.05) is 31.1 Å². The lowest BCUT2D eigenvalue weighted by Gasteiger charge is -2.30. The first-order valence-corrected chi connectivity index (χ1v) is 13.3. The van der Waals surface area contributed by atoms with E-state index in [-0.39, 0.29) is 22.8 Å². The Kier molecular flexibility index (Phi) is 7.23. The maximum absolute atomic E-state index is 12.9. The largest absolute Gasteiger partial charge is 0.423 e. The van der Waals surface area contributed by atoms with E-state index in [1.54, 1.807) is 24.3 Å². The van der Waals surface area contributed by atoms with Crippen LogP contribution in [0.15, 0.2) is 57.8 Å². The predicted octanol–water partition coefficient (Wildman–Crippen LogP) is 3.95. The topological polar surface area (TPSA) is 95.8 Å². The van der Waals surface area contributed by atoms with Gasteiger partial charge in [0.15, 0.2) is 5.58 Å². The highest BCUT2D eigenvalue weighted by Gasteiger charge is 2.28. The number of hydrogen-bond donors (Lipinski definition) is 1. The molecular formula is C25H32N4O4S. The van der Waals surface area contributed by atoms with E-state index in [0.717, 1.165) is 29.5 Å². The number of benzene rings is 2. The summed E-state index contributed by atoms with van der Waals surface area (Å²) in [7, 11) is -3.49. The fraction of sp³-hybridized carbons (Fsp3) is 0.440. The molecule has 1 N–H and O–H groups in total. The highest BCUT2D eigenvalue weighted by atomic mass is 32.2. The molecule has 34 heavy (non-hydrogen) atoms. The van der Waals surface area contributed by atoms with E-state index >= 15 is 0 Å². The summed E-state index contributed by atoms with van der Waals surface area (Å²) in [6.45, 7) is 7.83. The van der Waals surface area contributed by atoms with Crippen molar-refractivity contribution >= 4 is 33.0 Å². The minimum atomic E-state index is -3.49. The van der Waals surface area contributed by atoms with Crippen molar-refractivity contribution in [2.24, 2.45) is 5.92 Å². The first-order valence-electron chi connectivity index (χ1n) is 11.8. The highest BCUT2D eigenvalue weighted by Crippen LogP contribution is 2.27. The summed E-state index contributed by atoms with van der Waals surface area (Å²) < 4.78 is 32.6.